The molecule has 0 amide bonds. The highest BCUT2D eigenvalue weighted by molar-refractivity contribution is 5.81. The maximum atomic E-state index is 10.7. The number of rotatable bonds is 3. The molecular weight excluding hydrogens is 172 g/mol. The van der Waals surface area contributed by atoms with E-state index in [1.165, 1.54) is 0 Å². The van der Waals surface area contributed by atoms with Crippen molar-refractivity contribution in [2.24, 2.45) is 0 Å². The highest BCUT2D eigenvalue weighted by Gasteiger charge is 2.37. The molecule has 74 valence electrons. The molecule has 1 fully saturated rings. The maximum absolute atomic E-state index is 10.7. The Morgan fingerprint density at radius 1 is 1.77 bits per heavy atom. The molecule has 0 spiro atoms. The van der Waals surface area contributed by atoms with Gasteiger partial charge in [-0.2, -0.15) is 0 Å². The van der Waals surface area contributed by atoms with Gasteiger partial charge in [0.25, 0.3) is 0 Å². The van der Waals surface area contributed by atoms with Gasteiger partial charge in [-0.05, 0) is 12.8 Å². The van der Waals surface area contributed by atoms with Crippen molar-refractivity contribution in [2.45, 2.75) is 31.0 Å². The average molecular weight is 186 g/mol. The van der Waals surface area contributed by atoms with Gasteiger partial charge < -0.3 is 14.9 Å². The van der Waals surface area contributed by atoms with E-state index in [-0.39, 0.29) is 13.0 Å². The normalized spacial score (nSPS) is 32.9. The van der Waals surface area contributed by atoms with Crippen LogP contribution in [0.2, 0.25) is 0 Å². The van der Waals surface area contributed by atoms with Gasteiger partial charge in [0.05, 0.1) is 6.10 Å². The molecule has 2 N–H and O–H groups in total. The van der Waals surface area contributed by atoms with Crippen LogP contribution in [0, 0.1) is 0 Å². The molecule has 2 unspecified atom stereocenters. The predicted octanol–water partition coefficient (Wildman–Crippen LogP) is -0.00850. The second-order valence-electron chi connectivity index (χ2n) is 3.43. The van der Waals surface area contributed by atoms with Crippen LogP contribution in [0.15, 0.2) is 12.7 Å². The fourth-order valence-corrected chi connectivity index (χ4v) is 1.47. The number of aliphatic hydroxyl groups is 2. The molecule has 0 aromatic carbocycles. The Kier molecular flexibility index (Phi) is 3.06. The van der Waals surface area contributed by atoms with E-state index in [0.717, 1.165) is 6.08 Å². The standard InChI is InChI=1S/C9H14O4/c1-2-8(11)13-6-9(12)4-3-7(10)5-9/h2,7,10,12H,1,3-6H2. The van der Waals surface area contributed by atoms with Gasteiger partial charge in [0.2, 0.25) is 0 Å². The fraction of sp³-hybridized carbons (Fsp3) is 0.667. The molecule has 4 nitrogen and oxygen atoms in total. The summed E-state index contributed by atoms with van der Waals surface area (Å²) in [6.07, 6.45) is 1.87. The van der Waals surface area contributed by atoms with Crippen molar-refractivity contribution in [2.75, 3.05) is 6.61 Å². The van der Waals surface area contributed by atoms with Gasteiger partial charge >= 0.3 is 5.97 Å². The van der Waals surface area contributed by atoms with E-state index in [4.69, 9.17) is 9.84 Å². The zero-order valence-electron chi connectivity index (χ0n) is 7.40. The number of hydrogen-bond acceptors (Lipinski definition) is 4. The van der Waals surface area contributed by atoms with Crippen molar-refractivity contribution >= 4 is 5.97 Å². The Morgan fingerprint density at radius 2 is 2.46 bits per heavy atom. The second kappa shape index (κ2) is 3.89. The molecule has 0 saturated heterocycles. The molecule has 0 aromatic rings. The molecule has 0 bridgehead atoms. The summed E-state index contributed by atoms with van der Waals surface area (Å²) in [5.41, 5.74) is -1.04. The minimum atomic E-state index is -1.04. The van der Waals surface area contributed by atoms with Crippen molar-refractivity contribution < 1.29 is 19.7 Å². The lowest BCUT2D eigenvalue weighted by atomic mass is 10.0. The van der Waals surface area contributed by atoms with Crippen LogP contribution < -0.4 is 0 Å². The molecule has 2 atom stereocenters. The van der Waals surface area contributed by atoms with Crippen LogP contribution in [0.25, 0.3) is 0 Å². The molecule has 0 radical (unpaired) electrons. The number of carbonyl (C=O) groups is 1. The van der Waals surface area contributed by atoms with E-state index in [2.05, 4.69) is 6.58 Å². The quantitative estimate of drug-likeness (QED) is 0.480. The van der Waals surface area contributed by atoms with Gasteiger partial charge in [0.1, 0.15) is 12.2 Å². The van der Waals surface area contributed by atoms with Crippen molar-refractivity contribution in [3.05, 3.63) is 12.7 Å². The molecule has 1 rings (SSSR count). The smallest absolute Gasteiger partial charge is 0.330 e. The molecule has 0 heterocycles. The second-order valence-corrected chi connectivity index (χ2v) is 3.43. The zero-order chi connectivity index (χ0) is 9.90. The minimum absolute atomic E-state index is 0.0606. The SMILES string of the molecule is C=CC(=O)OCC1(O)CCC(O)C1. The Labute approximate surface area is 76.8 Å². The van der Waals surface area contributed by atoms with Crippen LogP contribution >= 0.6 is 0 Å². The molecule has 0 aromatic heterocycles. The lowest BCUT2D eigenvalue weighted by molar-refractivity contribution is -0.145. The largest absolute Gasteiger partial charge is 0.459 e. The molecule has 1 aliphatic rings. The zero-order valence-corrected chi connectivity index (χ0v) is 7.40. The summed E-state index contributed by atoms with van der Waals surface area (Å²) in [4.78, 5) is 10.7. The number of carbonyl (C=O) groups excluding carboxylic acids is 1. The molecule has 1 aliphatic carbocycles. The van der Waals surface area contributed by atoms with Gasteiger partial charge in [-0.25, -0.2) is 4.79 Å². The first-order chi connectivity index (χ1) is 6.06. The maximum Gasteiger partial charge on any atom is 0.330 e. The number of aliphatic hydroxyl groups excluding tert-OH is 1. The van der Waals surface area contributed by atoms with Gasteiger partial charge in [0.15, 0.2) is 0 Å². The summed E-state index contributed by atoms with van der Waals surface area (Å²) in [5, 5.41) is 18.9. The fourth-order valence-electron chi connectivity index (χ4n) is 1.47. The number of hydrogen-bond donors (Lipinski definition) is 2. The van der Waals surface area contributed by atoms with Crippen LogP contribution in [0.5, 0.6) is 0 Å². The summed E-state index contributed by atoms with van der Waals surface area (Å²) in [6, 6.07) is 0. The highest BCUT2D eigenvalue weighted by atomic mass is 16.5. The van der Waals surface area contributed by atoms with Crippen LogP contribution in [0.3, 0.4) is 0 Å². The molecule has 13 heavy (non-hydrogen) atoms. The van der Waals surface area contributed by atoms with Crippen LogP contribution in [0.1, 0.15) is 19.3 Å². The van der Waals surface area contributed by atoms with Crippen LogP contribution in [-0.2, 0) is 9.53 Å². The monoisotopic (exact) mass is 186 g/mol. The van der Waals surface area contributed by atoms with Gasteiger partial charge in [-0.15, -0.1) is 0 Å². The van der Waals surface area contributed by atoms with E-state index in [9.17, 15) is 9.90 Å². The molecule has 4 heteroatoms. The van der Waals surface area contributed by atoms with Gasteiger partial charge in [-0.1, -0.05) is 6.58 Å². The molecule has 0 aliphatic heterocycles. The van der Waals surface area contributed by atoms with Crippen LogP contribution in [0.4, 0.5) is 0 Å². The number of ether oxygens (including phenoxy) is 1. The molecule has 1 saturated carbocycles. The molecular formula is C9H14O4. The van der Waals surface area contributed by atoms with E-state index < -0.39 is 17.7 Å². The van der Waals surface area contributed by atoms with Crippen molar-refractivity contribution in [3.8, 4) is 0 Å². The van der Waals surface area contributed by atoms with E-state index in [0.29, 0.717) is 12.8 Å². The first-order valence-corrected chi connectivity index (χ1v) is 4.25. The third kappa shape index (κ3) is 2.82. The third-order valence-electron chi connectivity index (χ3n) is 2.21. The lowest BCUT2D eigenvalue weighted by Gasteiger charge is -2.20. The van der Waals surface area contributed by atoms with Crippen molar-refractivity contribution in [1.82, 2.24) is 0 Å². The lowest BCUT2D eigenvalue weighted by Crippen LogP contribution is -2.32. The van der Waals surface area contributed by atoms with Gasteiger partial charge in [0, 0.05) is 12.5 Å². The van der Waals surface area contributed by atoms with Gasteiger partial charge in [-0.3, -0.25) is 0 Å². The minimum Gasteiger partial charge on any atom is -0.459 e. The average Bonchev–Trinajstić information content (AvgIpc) is 2.43. The summed E-state index contributed by atoms with van der Waals surface area (Å²) in [5.74, 6) is -0.546. The van der Waals surface area contributed by atoms with E-state index >= 15 is 0 Å². The van der Waals surface area contributed by atoms with E-state index in [1.54, 1.807) is 0 Å². The Bertz CT molecular complexity index is 214. The van der Waals surface area contributed by atoms with Crippen molar-refractivity contribution in [3.63, 3.8) is 0 Å². The number of esters is 1. The topological polar surface area (TPSA) is 66.8 Å². The first-order valence-electron chi connectivity index (χ1n) is 4.25. The van der Waals surface area contributed by atoms with Crippen LogP contribution in [-0.4, -0.2) is 34.5 Å². The summed E-state index contributed by atoms with van der Waals surface area (Å²) < 4.78 is 4.71. The predicted molar refractivity (Wildman–Crippen MR) is 46.0 cm³/mol. The Hall–Kier alpha value is -0.870. The third-order valence-corrected chi connectivity index (χ3v) is 2.21. The van der Waals surface area contributed by atoms with E-state index in [1.807, 2.05) is 0 Å². The first kappa shape index (κ1) is 10.2. The Balaban J connectivity index is 2.35. The van der Waals surface area contributed by atoms with Crippen molar-refractivity contribution in [1.29, 1.82) is 0 Å². The summed E-state index contributed by atoms with van der Waals surface area (Å²) in [6.45, 7) is 3.18. The summed E-state index contributed by atoms with van der Waals surface area (Å²) in [7, 11) is 0. The Morgan fingerprint density at radius 3 is 2.92 bits per heavy atom. The highest BCUT2D eigenvalue weighted by Crippen LogP contribution is 2.29. The summed E-state index contributed by atoms with van der Waals surface area (Å²) >= 11 is 0.